The summed E-state index contributed by atoms with van der Waals surface area (Å²) in [5.74, 6) is 0. The molecular weight excluding hydrogens is 410 g/mol. The lowest BCUT2D eigenvalue weighted by Crippen LogP contribution is -2.52. The van der Waals surface area contributed by atoms with Gasteiger partial charge in [0.05, 0.1) is 8.68 Å². The molecule has 3 heterocycles. The van der Waals surface area contributed by atoms with E-state index in [-0.39, 0.29) is 12.4 Å². The molecule has 1 aromatic heterocycles. The van der Waals surface area contributed by atoms with Gasteiger partial charge in [-0.05, 0) is 41.9 Å². The van der Waals surface area contributed by atoms with Crippen LogP contribution in [0.15, 0.2) is 14.7 Å². The monoisotopic (exact) mass is 429 g/mol. The highest BCUT2D eigenvalue weighted by Gasteiger charge is 2.33. The number of nitrogens with zero attached hydrogens (tertiary/aromatic N) is 2. The smallest absolute Gasteiger partial charge is 0.244 e. The maximum atomic E-state index is 12.7. The van der Waals surface area contributed by atoms with Crippen LogP contribution in [-0.4, -0.2) is 62.9 Å². The molecule has 0 aliphatic carbocycles. The number of halogens is 2. The van der Waals surface area contributed by atoms with Crippen molar-refractivity contribution in [3.8, 4) is 0 Å². The molecule has 5 nitrogen and oxygen atoms in total. The van der Waals surface area contributed by atoms with Crippen LogP contribution in [0.3, 0.4) is 0 Å². The fraction of sp³-hybridized carbons (Fsp3) is 0.692. The maximum Gasteiger partial charge on any atom is 0.244 e. The van der Waals surface area contributed by atoms with Crippen molar-refractivity contribution in [1.29, 1.82) is 0 Å². The third-order valence-electron chi connectivity index (χ3n) is 4.28. The second-order valence-corrected chi connectivity index (χ2v) is 10.1. The van der Waals surface area contributed by atoms with Gasteiger partial charge in [-0.25, -0.2) is 8.42 Å². The first-order valence-corrected chi connectivity index (χ1v) is 10.2. The maximum absolute atomic E-state index is 12.7. The largest absolute Gasteiger partial charge is 0.315 e. The summed E-state index contributed by atoms with van der Waals surface area (Å²) >= 11 is 4.85. The number of aryl methyl sites for hydroxylation is 1. The topological polar surface area (TPSA) is 52.7 Å². The zero-order valence-corrected chi connectivity index (χ0v) is 16.5. The Morgan fingerprint density at radius 1 is 1.32 bits per heavy atom. The summed E-state index contributed by atoms with van der Waals surface area (Å²) in [6.45, 7) is 6.81. The molecule has 0 spiro atoms. The van der Waals surface area contributed by atoms with Crippen LogP contribution in [0.2, 0.25) is 0 Å². The predicted molar refractivity (Wildman–Crippen MR) is 95.6 cm³/mol. The summed E-state index contributed by atoms with van der Waals surface area (Å²) in [6.07, 6.45) is 1.17. The Balaban J connectivity index is 0.00000176. The number of piperazine rings is 1. The van der Waals surface area contributed by atoms with Crippen molar-refractivity contribution < 1.29 is 8.42 Å². The molecule has 2 aliphatic heterocycles. The second kappa shape index (κ2) is 7.46. The molecule has 2 saturated heterocycles. The molecule has 0 amide bonds. The van der Waals surface area contributed by atoms with Crippen molar-refractivity contribution in [1.82, 2.24) is 14.5 Å². The molecule has 1 unspecified atom stereocenters. The summed E-state index contributed by atoms with van der Waals surface area (Å²) < 4.78 is 28.0. The fourth-order valence-electron chi connectivity index (χ4n) is 3.09. The van der Waals surface area contributed by atoms with E-state index in [1.54, 1.807) is 10.4 Å². The van der Waals surface area contributed by atoms with Gasteiger partial charge in [-0.3, -0.25) is 4.90 Å². The number of thiophene rings is 1. The van der Waals surface area contributed by atoms with E-state index in [0.717, 1.165) is 34.8 Å². The molecule has 22 heavy (non-hydrogen) atoms. The van der Waals surface area contributed by atoms with E-state index in [0.29, 0.717) is 24.0 Å². The van der Waals surface area contributed by atoms with Crippen molar-refractivity contribution in [2.24, 2.45) is 0 Å². The highest BCUT2D eigenvalue weighted by atomic mass is 79.9. The van der Waals surface area contributed by atoms with E-state index in [4.69, 9.17) is 0 Å². The zero-order chi connectivity index (χ0) is 15.0. The van der Waals surface area contributed by atoms with E-state index < -0.39 is 10.0 Å². The molecule has 0 saturated carbocycles. The zero-order valence-electron chi connectivity index (χ0n) is 12.4. The van der Waals surface area contributed by atoms with Crippen LogP contribution in [0.1, 0.15) is 11.3 Å². The van der Waals surface area contributed by atoms with Crippen molar-refractivity contribution in [2.75, 3.05) is 39.3 Å². The standard InChI is InChI=1S/C13H20BrN3O2S2.ClH/c1-10-12(8-13(14)20-10)21(18,19)17-6-4-16(5-7-17)11-2-3-15-9-11;/h8,11,15H,2-7,9H2,1H3;1H. The van der Waals surface area contributed by atoms with Crippen LogP contribution < -0.4 is 5.32 Å². The first-order chi connectivity index (χ1) is 9.98. The average molecular weight is 431 g/mol. The first kappa shape index (κ1) is 18.6. The van der Waals surface area contributed by atoms with Gasteiger partial charge in [0.1, 0.15) is 0 Å². The van der Waals surface area contributed by atoms with Crippen LogP contribution >= 0.6 is 39.7 Å². The van der Waals surface area contributed by atoms with Crippen molar-refractivity contribution >= 4 is 49.7 Å². The van der Waals surface area contributed by atoms with Crippen LogP contribution in [0.5, 0.6) is 0 Å². The minimum atomic E-state index is -3.35. The lowest BCUT2D eigenvalue weighted by atomic mass is 10.2. The van der Waals surface area contributed by atoms with Gasteiger partial charge in [-0.15, -0.1) is 23.7 Å². The van der Waals surface area contributed by atoms with Crippen LogP contribution in [-0.2, 0) is 10.0 Å². The van der Waals surface area contributed by atoms with E-state index in [1.165, 1.54) is 17.8 Å². The molecule has 2 aliphatic rings. The summed E-state index contributed by atoms with van der Waals surface area (Å²) in [5, 5.41) is 3.37. The van der Waals surface area contributed by atoms with Crippen molar-refractivity contribution in [3.63, 3.8) is 0 Å². The molecule has 3 rings (SSSR count). The van der Waals surface area contributed by atoms with E-state index in [9.17, 15) is 8.42 Å². The number of hydrogen-bond donors (Lipinski definition) is 1. The molecule has 0 aromatic carbocycles. The van der Waals surface area contributed by atoms with Gasteiger partial charge in [0.25, 0.3) is 0 Å². The molecule has 126 valence electrons. The Kier molecular flexibility index (Phi) is 6.32. The summed E-state index contributed by atoms with van der Waals surface area (Å²) in [7, 11) is -3.35. The van der Waals surface area contributed by atoms with Crippen LogP contribution in [0, 0.1) is 6.92 Å². The van der Waals surface area contributed by atoms with Crippen molar-refractivity contribution in [2.45, 2.75) is 24.3 Å². The molecule has 9 heteroatoms. The average Bonchev–Trinajstić information content (AvgIpc) is 3.09. The van der Waals surface area contributed by atoms with Gasteiger partial charge in [0.2, 0.25) is 10.0 Å². The van der Waals surface area contributed by atoms with Gasteiger partial charge in [-0.2, -0.15) is 4.31 Å². The molecule has 0 radical (unpaired) electrons. The third kappa shape index (κ3) is 3.68. The Bertz CT molecular complexity index is 609. The minimum absolute atomic E-state index is 0. The van der Waals surface area contributed by atoms with Gasteiger partial charge in [0.15, 0.2) is 0 Å². The normalized spacial score (nSPS) is 24.4. The minimum Gasteiger partial charge on any atom is -0.315 e. The van der Waals surface area contributed by atoms with E-state index in [2.05, 4.69) is 26.1 Å². The molecule has 1 aromatic rings. The summed E-state index contributed by atoms with van der Waals surface area (Å²) in [4.78, 5) is 3.72. The summed E-state index contributed by atoms with van der Waals surface area (Å²) in [6, 6.07) is 2.30. The highest BCUT2D eigenvalue weighted by molar-refractivity contribution is 9.11. The van der Waals surface area contributed by atoms with Gasteiger partial charge in [-0.1, -0.05) is 0 Å². The van der Waals surface area contributed by atoms with Gasteiger partial charge < -0.3 is 5.32 Å². The fourth-order valence-corrected chi connectivity index (χ4v) is 6.89. The Morgan fingerprint density at radius 3 is 2.50 bits per heavy atom. The predicted octanol–water partition coefficient (Wildman–Crippen LogP) is 1.91. The number of sulfonamides is 1. The quantitative estimate of drug-likeness (QED) is 0.796. The lowest BCUT2D eigenvalue weighted by Gasteiger charge is -2.37. The number of rotatable bonds is 3. The van der Waals surface area contributed by atoms with Crippen LogP contribution in [0.25, 0.3) is 0 Å². The molecule has 0 bridgehead atoms. The van der Waals surface area contributed by atoms with Crippen LogP contribution in [0.4, 0.5) is 0 Å². The molecule has 2 fully saturated rings. The van der Waals surface area contributed by atoms with Gasteiger partial charge in [0, 0.05) is 43.6 Å². The Labute approximate surface area is 150 Å². The van der Waals surface area contributed by atoms with Gasteiger partial charge >= 0.3 is 0 Å². The SMILES string of the molecule is Cc1sc(Br)cc1S(=O)(=O)N1CCN(C2CCNC2)CC1.Cl. The van der Waals surface area contributed by atoms with E-state index >= 15 is 0 Å². The highest BCUT2D eigenvalue weighted by Crippen LogP contribution is 2.32. The molecule has 1 atom stereocenters. The van der Waals surface area contributed by atoms with E-state index in [1.807, 2.05) is 6.92 Å². The summed E-state index contributed by atoms with van der Waals surface area (Å²) in [5.41, 5.74) is 0. The first-order valence-electron chi connectivity index (χ1n) is 7.19. The number of hydrogen-bond acceptors (Lipinski definition) is 5. The third-order valence-corrected chi connectivity index (χ3v) is 7.99. The lowest BCUT2D eigenvalue weighted by molar-refractivity contribution is 0.145. The van der Waals surface area contributed by atoms with Crippen molar-refractivity contribution in [3.05, 3.63) is 14.7 Å². The number of nitrogens with one attached hydrogen (secondary N) is 1. The molecule has 1 N–H and O–H groups in total. The Morgan fingerprint density at radius 2 is 2.00 bits per heavy atom. The Hall–Kier alpha value is 0.300. The molecular formula is C13H21BrClN3O2S2. The second-order valence-electron chi connectivity index (χ2n) is 5.56.